The van der Waals surface area contributed by atoms with E-state index in [1.165, 1.54) is 24.3 Å². The topological polar surface area (TPSA) is 163 Å². The van der Waals surface area contributed by atoms with Crippen LogP contribution in [0, 0.1) is 20.9 Å². The molecule has 0 spiro atoms. The number of nitrogens with zero attached hydrogens (tertiary/aromatic N) is 2. The van der Waals surface area contributed by atoms with Gasteiger partial charge in [0.15, 0.2) is 0 Å². The zero-order chi connectivity index (χ0) is 20.5. The lowest BCUT2D eigenvalue weighted by Gasteiger charge is -2.23. The molecule has 0 saturated heterocycles. The molecule has 0 aromatic heterocycles. The molecule has 0 aliphatic rings. The van der Waals surface area contributed by atoms with Crippen LogP contribution in [0.5, 0.6) is 0 Å². The van der Waals surface area contributed by atoms with Gasteiger partial charge < -0.3 is 5.73 Å². The first kappa shape index (κ1) is 20.9. The average Bonchev–Trinajstić information content (AvgIpc) is 2.67. The number of nitro benzene ring substituents is 1. The third kappa shape index (κ3) is 6.72. The standard InChI is InChI=1S/C16H18ClN7O4/c17-13-5-1-11(2-6-13)9-27-24(16(20)22-21-15(18)19)28-10-12-3-7-14(8-4-12)23(25)26/h1-8H,9-10H2,(H2,20,22)(H4,18,19,21). The Kier molecular flexibility index (Phi) is 7.51. The summed E-state index contributed by atoms with van der Waals surface area (Å²) in [6.45, 7) is 0.0459. The van der Waals surface area contributed by atoms with Crippen molar-refractivity contribution in [3.63, 3.8) is 0 Å². The smallest absolute Gasteiger partial charge is 0.269 e. The van der Waals surface area contributed by atoms with Gasteiger partial charge in [0.05, 0.1) is 4.92 Å². The number of rotatable bonds is 7. The highest BCUT2D eigenvalue weighted by molar-refractivity contribution is 6.30. The predicted octanol–water partition coefficient (Wildman–Crippen LogP) is 2.04. The summed E-state index contributed by atoms with van der Waals surface area (Å²) in [5, 5.41) is 27.1. The average molecular weight is 408 g/mol. The van der Waals surface area contributed by atoms with Crippen molar-refractivity contribution >= 4 is 29.2 Å². The number of nitrogens with one attached hydrogen (secondary N) is 4. The lowest BCUT2D eigenvalue weighted by molar-refractivity contribution is -0.384. The van der Waals surface area contributed by atoms with E-state index in [1.807, 2.05) is 0 Å². The molecule has 2 aromatic carbocycles. The fraction of sp³-hybridized carbons (Fsp3) is 0.125. The summed E-state index contributed by atoms with van der Waals surface area (Å²) in [5.74, 6) is -0.774. The number of hydrogen-bond donors (Lipinski definition) is 5. The zero-order valence-corrected chi connectivity index (χ0v) is 15.3. The van der Waals surface area contributed by atoms with Crippen LogP contribution in [0.25, 0.3) is 0 Å². The van der Waals surface area contributed by atoms with Crippen molar-refractivity contribution in [2.75, 3.05) is 0 Å². The van der Waals surface area contributed by atoms with Crippen LogP contribution in [0.4, 0.5) is 5.69 Å². The molecule has 0 amide bonds. The molecular weight excluding hydrogens is 390 g/mol. The fourth-order valence-electron chi connectivity index (χ4n) is 1.90. The highest BCUT2D eigenvalue weighted by Crippen LogP contribution is 2.14. The highest BCUT2D eigenvalue weighted by Gasteiger charge is 2.14. The van der Waals surface area contributed by atoms with Gasteiger partial charge in [0.2, 0.25) is 5.96 Å². The van der Waals surface area contributed by atoms with E-state index >= 15 is 0 Å². The van der Waals surface area contributed by atoms with Crippen molar-refractivity contribution in [1.82, 2.24) is 16.1 Å². The third-order valence-electron chi connectivity index (χ3n) is 3.26. The minimum atomic E-state index is -0.501. The number of nitro groups is 1. The Labute approximate surface area is 165 Å². The van der Waals surface area contributed by atoms with Gasteiger partial charge in [0, 0.05) is 17.2 Å². The maximum Gasteiger partial charge on any atom is 0.269 e. The summed E-state index contributed by atoms with van der Waals surface area (Å²) in [6.07, 6.45) is 0. The number of nitrogens with two attached hydrogens (primary N) is 1. The van der Waals surface area contributed by atoms with Crippen LogP contribution in [0.1, 0.15) is 11.1 Å². The van der Waals surface area contributed by atoms with Crippen molar-refractivity contribution in [3.8, 4) is 0 Å². The van der Waals surface area contributed by atoms with Crippen molar-refractivity contribution in [1.29, 1.82) is 10.8 Å². The number of halogens is 1. The Bertz CT molecular complexity index is 830. The van der Waals surface area contributed by atoms with Crippen LogP contribution in [-0.4, -0.2) is 22.1 Å². The zero-order valence-electron chi connectivity index (χ0n) is 14.5. The number of hydrazine groups is 1. The molecule has 12 heteroatoms. The van der Waals surface area contributed by atoms with Gasteiger partial charge >= 0.3 is 0 Å². The Hall–Kier alpha value is -3.41. The highest BCUT2D eigenvalue weighted by atomic mass is 35.5. The minimum Gasteiger partial charge on any atom is -0.369 e. The van der Waals surface area contributed by atoms with Gasteiger partial charge in [-0.25, -0.2) is 9.68 Å². The van der Waals surface area contributed by atoms with Gasteiger partial charge in [0.25, 0.3) is 11.6 Å². The summed E-state index contributed by atoms with van der Waals surface area (Å²) < 4.78 is 0. The van der Waals surface area contributed by atoms with Crippen LogP contribution >= 0.6 is 11.6 Å². The summed E-state index contributed by atoms with van der Waals surface area (Å²) >= 11 is 5.84. The van der Waals surface area contributed by atoms with Gasteiger partial charge in [-0.3, -0.25) is 31.8 Å². The Balaban J connectivity index is 1.99. The lowest BCUT2D eigenvalue weighted by Crippen LogP contribution is -2.51. The first-order valence-electron chi connectivity index (χ1n) is 7.83. The molecule has 6 N–H and O–H groups in total. The molecule has 0 bridgehead atoms. The summed E-state index contributed by atoms with van der Waals surface area (Å²) in [7, 11) is 0. The number of benzene rings is 2. The van der Waals surface area contributed by atoms with E-state index in [-0.39, 0.29) is 24.9 Å². The van der Waals surface area contributed by atoms with Gasteiger partial charge in [-0.2, -0.15) is 0 Å². The van der Waals surface area contributed by atoms with E-state index in [4.69, 9.17) is 37.8 Å². The lowest BCUT2D eigenvalue weighted by atomic mass is 10.2. The molecule has 2 aromatic rings. The molecule has 0 saturated carbocycles. The van der Waals surface area contributed by atoms with E-state index in [9.17, 15) is 10.1 Å². The van der Waals surface area contributed by atoms with Crippen LogP contribution in [0.15, 0.2) is 48.5 Å². The quantitative estimate of drug-likeness (QED) is 0.201. The Morgan fingerprint density at radius 1 is 1.04 bits per heavy atom. The Morgan fingerprint density at radius 3 is 2.00 bits per heavy atom. The van der Waals surface area contributed by atoms with E-state index < -0.39 is 10.9 Å². The first-order valence-corrected chi connectivity index (χ1v) is 8.21. The second-order valence-corrected chi connectivity index (χ2v) is 5.80. The molecule has 0 unspecified atom stereocenters. The van der Waals surface area contributed by atoms with Crippen molar-refractivity contribution in [2.24, 2.45) is 5.73 Å². The minimum absolute atomic E-state index is 0.0251. The Morgan fingerprint density at radius 2 is 1.54 bits per heavy atom. The maximum atomic E-state index is 10.7. The number of hydroxylamine groups is 2. The summed E-state index contributed by atoms with van der Waals surface area (Å²) in [5.41, 5.74) is 11.1. The van der Waals surface area contributed by atoms with Gasteiger partial charge in [-0.1, -0.05) is 29.0 Å². The molecule has 2 rings (SSSR count). The monoisotopic (exact) mass is 407 g/mol. The van der Waals surface area contributed by atoms with Crippen LogP contribution in [0.2, 0.25) is 5.02 Å². The largest absolute Gasteiger partial charge is 0.369 e. The van der Waals surface area contributed by atoms with Crippen LogP contribution < -0.4 is 16.6 Å². The van der Waals surface area contributed by atoms with Gasteiger partial charge in [0.1, 0.15) is 13.2 Å². The summed E-state index contributed by atoms with van der Waals surface area (Å²) in [6, 6.07) is 12.6. The normalized spacial score (nSPS) is 10.2. The second-order valence-electron chi connectivity index (χ2n) is 5.37. The van der Waals surface area contributed by atoms with Crippen molar-refractivity contribution in [2.45, 2.75) is 13.2 Å². The molecule has 0 radical (unpaired) electrons. The number of hydrogen-bond acceptors (Lipinski definition) is 6. The van der Waals surface area contributed by atoms with Crippen molar-refractivity contribution < 1.29 is 14.6 Å². The maximum absolute atomic E-state index is 10.7. The van der Waals surface area contributed by atoms with E-state index in [2.05, 4.69) is 10.9 Å². The van der Waals surface area contributed by atoms with E-state index in [1.54, 1.807) is 24.3 Å². The van der Waals surface area contributed by atoms with E-state index in [0.717, 1.165) is 10.8 Å². The molecular formula is C16H18ClN7O4. The van der Waals surface area contributed by atoms with Crippen molar-refractivity contribution in [3.05, 3.63) is 74.8 Å². The fourth-order valence-corrected chi connectivity index (χ4v) is 2.03. The molecule has 0 aliphatic carbocycles. The van der Waals surface area contributed by atoms with Gasteiger partial charge in [-0.05, 0) is 35.4 Å². The second kappa shape index (κ2) is 10.1. The molecule has 11 nitrogen and oxygen atoms in total. The van der Waals surface area contributed by atoms with Crippen LogP contribution in [0.3, 0.4) is 0 Å². The molecule has 0 heterocycles. The van der Waals surface area contributed by atoms with Crippen LogP contribution in [-0.2, 0) is 22.9 Å². The molecule has 0 fully saturated rings. The third-order valence-corrected chi connectivity index (χ3v) is 3.51. The number of guanidine groups is 2. The molecule has 28 heavy (non-hydrogen) atoms. The molecule has 148 valence electrons. The first-order chi connectivity index (χ1) is 13.3. The van der Waals surface area contributed by atoms with Gasteiger partial charge in [-0.15, -0.1) is 0 Å². The SMILES string of the molecule is N=C(N)NNC(=N)N(OCc1ccc(Cl)cc1)OCc1ccc([N+](=O)[O-])cc1. The van der Waals surface area contributed by atoms with E-state index in [0.29, 0.717) is 10.6 Å². The number of non-ortho nitro benzene ring substituents is 1. The summed E-state index contributed by atoms with van der Waals surface area (Å²) in [4.78, 5) is 21.1. The predicted molar refractivity (Wildman–Crippen MR) is 102 cm³/mol. The molecule has 0 atom stereocenters. The molecule has 0 aliphatic heterocycles.